The average Bonchev–Trinajstić information content (AvgIpc) is 2.27. The molecular weight excluding hydrogens is 258 g/mol. The van der Waals surface area contributed by atoms with Crippen molar-refractivity contribution in [2.24, 2.45) is 0 Å². The number of thioether (sulfide) groups is 1. The fourth-order valence-electron chi connectivity index (χ4n) is 1.44. The Hall–Kier alpha value is -0.650. The molecular formula is C14H25N3OS. The highest BCUT2D eigenvalue weighted by molar-refractivity contribution is 7.99. The van der Waals surface area contributed by atoms with Crippen molar-refractivity contribution in [3.8, 4) is 0 Å². The fraction of sp³-hybridized carbons (Fsp3) is 0.714. The van der Waals surface area contributed by atoms with Crippen LogP contribution in [-0.2, 0) is 16.8 Å². The minimum absolute atomic E-state index is 0.0411. The third-order valence-corrected chi connectivity index (χ3v) is 3.40. The van der Waals surface area contributed by atoms with Crippen molar-refractivity contribution in [3.05, 3.63) is 17.6 Å². The zero-order valence-electron chi connectivity index (χ0n) is 12.9. The van der Waals surface area contributed by atoms with E-state index in [4.69, 9.17) is 4.74 Å². The molecule has 1 aromatic rings. The van der Waals surface area contributed by atoms with Gasteiger partial charge in [0.25, 0.3) is 0 Å². The third-order valence-electron chi connectivity index (χ3n) is 2.51. The molecule has 1 aromatic heterocycles. The van der Waals surface area contributed by atoms with Crippen LogP contribution in [-0.4, -0.2) is 48.4 Å². The van der Waals surface area contributed by atoms with Gasteiger partial charge in [-0.2, -0.15) is 0 Å². The molecule has 0 spiro atoms. The Bertz CT molecular complexity index is 402. The van der Waals surface area contributed by atoms with Gasteiger partial charge >= 0.3 is 0 Å². The van der Waals surface area contributed by atoms with E-state index in [2.05, 4.69) is 49.7 Å². The summed E-state index contributed by atoms with van der Waals surface area (Å²) in [7, 11) is 5.85. The number of aromatic nitrogens is 2. The van der Waals surface area contributed by atoms with Gasteiger partial charge in [0.2, 0.25) is 0 Å². The molecule has 0 atom stereocenters. The van der Waals surface area contributed by atoms with E-state index in [9.17, 15) is 0 Å². The highest BCUT2D eigenvalue weighted by Crippen LogP contribution is 2.23. The lowest BCUT2D eigenvalue weighted by Crippen LogP contribution is -2.18. The van der Waals surface area contributed by atoms with Crippen molar-refractivity contribution in [2.45, 2.75) is 37.8 Å². The van der Waals surface area contributed by atoms with E-state index in [0.29, 0.717) is 6.61 Å². The molecule has 0 saturated carbocycles. The van der Waals surface area contributed by atoms with Crippen molar-refractivity contribution in [2.75, 3.05) is 33.5 Å². The number of ether oxygens (including phenoxy) is 1. The highest BCUT2D eigenvalue weighted by Gasteiger charge is 2.19. The van der Waals surface area contributed by atoms with Gasteiger partial charge in [0.1, 0.15) is 10.9 Å². The predicted molar refractivity (Wildman–Crippen MR) is 80.7 cm³/mol. The summed E-state index contributed by atoms with van der Waals surface area (Å²) >= 11 is 1.77. The van der Waals surface area contributed by atoms with E-state index >= 15 is 0 Å². The maximum absolute atomic E-state index is 5.19. The van der Waals surface area contributed by atoms with Crippen LogP contribution in [0.25, 0.3) is 0 Å². The Balaban J connectivity index is 2.87. The van der Waals surface area contributed by atoms with Crippen molar-refractivity contribution < 1.29 is 4.74 Å². The SMILES string of the molecule is COCc1cc(SCCN(C)C)nc(C(C)(C)C)n1. The van der Waals surface area contributed by atoms with E-state index in [1.165, 1.54) is 0 Å². The molecule has 1 heterocycles. The number of hydrogen-bond acceptors (Lipinski definition) is 5. The quantitative estimate of drug-likeness (QED) is 0.592. The maximum Gasteiger partial charge on any atom is 0.135 e. The molecule has 0 amide bonds. The number of nitrogens with zero attached hydrogens (tertiary/aromatic N) is 3. The highest BCUT2D eigenvalue weighted by atomic mass is 32.2. The first-order valence-electron chi connectivity index (χ1n) is 6.48. The first-order chi connectivity index (χ1) is 8.82. The monoisotopic (exact) mass is 283 g/mol. The maximum atomic E-state index is 5.19. The lowest BCUT2D eigenvalue weighted by atomic mass is 9.96. The van der Waals surface area contributed by atoms with Gasteiger partial charge in [0.15, 0.2) is 0 Å². The first kappa shape index (κ1) is 16.4. The second-order valence-corrected chi connectivity index (χ2v) is 6.97. The van der Waals surface area contributed by atoms with Gasteiger partial charge in [-0.05, 0) is 20.2 Å². The molecule has 5 heteroatoms. The molecule has 0 radical (unpaired) electrons. The topological polar surface area (TPSA) is 38.2 Å². The lowest BCUT2D eigenvalue weighted by molar-refractivity contribution is 0.180. The minimum Gasteiger partial charge on any atom is -0.378 e. The molecule has 19 heavy (non-hydrogen) atoms. The standard InChI is InChI=1S/C14H25N3OS/c1-14(2,3)13-15-11(10-18-6)9-12(16-13)19-8-7-17(4)5/h9H,7-8,10H2,1-6H3. The molecule has 0 aromatic carbocycles. The molecule has 0 aliphatic rings. The van der Waals surface area contributed by atoms with Crippen LogP contribution >= 0.6 is 11.8 Å². The molecule has 108 valence electrons. The van der Waals surface area contributed by atoms with Gasteiger partial charge in [0.05, 0.1) is 12.3 Å². The summed E-state index contributed by atoms with van der Waals surface area (Å²) in [4.78, 5) is 11.4. The summed E-state index contributed by atoms with van der Waals surface area (Å²) in [5.41, 5.74) is 0.912. The van der Waals surface area contributed by atoms with Crippen molar-refractivity contribution >= 4 is 11.8 Å². The van der Waals surface area contributed by atoms with Crippen LogP contribution in [0.4, 0.5) is 0 Å². The fourth-order valence-corrected chi connectivity index (χ4v) is 2.47. The normalized spacial score (nSPS) is 12.2. The second-order valence-electron chi connectivity index (χ2n) is 5.86. The molecule has 0 fully saturated rings. The van der Waals surface area contributed by atoms with E-state index in [-0.39, 0.29) is 5.41 Å². The zero-order valence-corrected chi connectivity index (χ0v) is 13.7. The Morgan fingerprint density at radius 2 is 1.95 bits per heavy atom. The van der Waals surface area contributed by atoms with Gasteiger partial charge in [-0.25, -0.2) is 9.97 Å². The van der Waals surface area contributed by atoms with Gasteiger partial charge in [-0.15, -0.1) is 11.8 Å². The largest absolute Gasteiger partial charge is 0.378 e. The molecule has 0 aliphatic carbocycles. The number of rotatable bonds is 6. The summed E-state index contributed by atoms with van der Waals surface area (Å²) in [5.74, 6) is 1.91. The Morgan fingerprint density at radius 3 is 2.47 bits per heavy atom. The number of hydrogen-bond donors (Lipinski definition) is 0. The molecule has 0 unspecified atom stereocenters. The first-order valence-corrected chi connectivity index (χ1v) is 7.46. The van der Waals surface area contributed by atoms with E-state index in [1.807, 2.05) is 6.07 Å². The zero-order chi connectivity index (χ0) is 14.5. The lowest BCUT2D eigenvalue weighted by Gasteiger charge is -2.18. The molecule has 0 N–H and O–H groups in total. The van der Waals surface area contributed by atoms with Gasteiger partial charge in [-0.3, -0.25) is 0 Å². The number of methoxy groups -OCH3 is 1. The second kappa shape index (κ2) is 7.22. The molecule has 0 saturated heterocycles. The van der Waals surface area contributed by atoms with Gasteiger partial charge in [-0.1, -0.05) is 20.8 Å². The van der Waals surface area contributed by atoms with E-state index in [1.54, 1.807) is 18.9 Å². The van der Waals surface area contributed by atoms with Gasteiger partial charge in [0, 0.05) is 24.8 Å². The summed E-state index contributed by atoms with van der Waals surface area (Å²) < 4.78 is 5.19. The van der Waals surface area contributed by atoms with Crippen molar-refractivity contribution in [1.29, 1.82) is 0 Å². The van der Waals surface area contributed by atoms with Crippen LogP contribution in [0.5, 0.6) is 0 Å². The summed E-state index contributed by atoms with van der Waals surface area (Å²) in [5, 5.41) is 1.04. The molecule has 0 aliphatic heterocycles. The van der Waals surface area contributed by atoms with Crippen molar-refractivity contribution in [1.82, 2.24) is 14.9 Å². The van der Waals surface area contributed by atoms with Crippen LogP contribution in [0.2, 0.25) is 0 Å². The molecule has 1 rings (SSSR count). The Kier molecular flexibility index (Phi) is 6.23. The third kappa shape index (κ3) is 5.89. The minimum atomic E-state index is -0.0411. The van der Waals surface area contributed by atoms with Gasteiger partial charge < -0.3 is 9.64 Å². The summed E-state index contributed by atoms with van der Waals surface area (Å²) in [6, 6.07) is 2.03. The van der Waals surface area contributed by atoms with Crippen LogP contribution < -0.4 is 0 Å². The Labute approximate surface area is 121 Å². The molecule has 0 bridgehead atoms. The Morgan fingerprint density at radius 1 is 1.26 bits per heavy atom. The van der Waals surface area contributed by atoms with Crippen LogP contribution in [0.3, 0.4) is 0 Å². The molecule has 4 nitrogen and oxygen atoms in total. The average molecular weight is 283 g/mol. The van der Waals surface area contributed by atoms with Crippen LogP contribution in [0.1, 0.15) is 32.3 Å². The van der Waals surface area contributed by atoms with Crippen LogP contribution in [0, 0.1) is 0 Å². The summed E-state index contributed by atoms with van der Waals surface area (Å²) in [6.07, 6.45) is 0. The predicted octanol–water partition coefficient (Wildman–Crippen LogP) is 2.57. The van der Waals surface area contributed by atoms with Crippen LogP contribution in [0.15, 0.2) is 11.1 Å². The van der Waals surface area contributed by atoms with E-state index in [0.717, 1.165) is 28.8 Å². The summed E-state index contributed by atoms with van der Waals surface area (Å²) in [6.45, 7) is 7.97. The van der Waals surface area contributed by atoms with E-state index < -0.39 is 0 Å². The smallest absolute Gasteiger partial charge is 0.135 e. The van der Waals surface area contributed by atoms with Crippen molar-refractivity contribution in [3.63, 3.8) is 0 Å².